The van der Waals surface area contributed by atoms with Crippen molar-refractivity contribution in [2.24, 2.45) is 10.9 Å². The van der Waals surface area contributed by atoms with E-state index in [0.29, 0.717) is 6.10 Å². The molecule has 0 aromatic rings. The van der Waals surface area contributed by atoms with Gasteiger partial charge in [-0.2, -0.15) is 0 Å². The van der Waals surface area contributed by atoms with Crippen molar-refractivity contribution in [2.75, 3.05) is 46.9 Å². The highest BCUT2D eigenvalue weighted by molar-refractivity contribution is 14.0. The van der Waals surface area contributed by atoms with E-state index in [1.807, 2.05) is 7.05 Å². The molecule has 2 fully saturated rings. The molecular formula is C14H29IN4O. The molecule has 5 nitrogen and oxygen atoms in total. The van der Waals surface area contributed by atoms with Crippen LogP contribution in [-0.2, 0) is 4.74 Å². The molecule has 1 unspecified atom stereocenters. The first-order chi connectivity index (χ1) is 9.28. The first kappa shape index (κ1) is 18.0. The van der Waals surface area contributed by atoms with Crippen molar-refractivity contribution < 1.29 is 4.74 Å². The Labute approximate surface area is 139 Å². The Bertz CT molecular complexity index is 287. The van der Waals surface area contributed by atoms with Gasteiger partial charge in [0.2, 0.25) is 0 Å². The van der Waals surface area contributed by atoms with E-state index in [0.717, 1.165) is 31.6 Å². The molecule has 2 aliphatic heterocycles. The lowest BCUT2D eigenvalue weighted by molar-refractivity contribution is 0.113. The second-order valence-electron chi connectivity index (χ2n) is 5.72. The SMILES string of the molecule is CN=C(NCC1CCN(C)CC1)NCC1CCCO1.I. The summed E-state index contributed by atoms with van der Waals surface area (Å²) in [7, 11) is 4.03. The number of hydrogen-bond acceptors (Lipinski definition) is 3. The third kappa shape index (κ3) is 6.13. The van der Waals surface area contributed by atoms with Crippen molar-refractivity contribution in [1.29, 1.82) is 0 Å². The van der Waals surface area contributed by atoms with E-state index in [9.17, 15) is 0 Å². The summed E-state index contributed by atoms with van der Waals surface area (Å²) in [5.74, 6) is 1.69. The monoisotopic (exact) mass is 396 g/mol. The van der Waals surface area contributed by atoms with E-state index in [2.05, 4.69) is 27.6 Å². The normalized spacial score (nSPS) is 25.3. The summed E-state index contributed by atoms with van der Waals surface area (Å²) in [5.41, 5.74) is 0. The number of nitrogens with one attached hydrogen (secondary N) is 2. The Morgan fingerprint density at radius 1 is 1.20 bits per heavy atom. The fourth-order valence-corrected chi connectivity index (χ4v) is 2.74. The minimum Gasteiger partial charge on any atom is -0.376 e. The van der Waals surface area contributed by atoms with Gasteiger partial charge in [0.15, 0.2) is 5.96 Å². The third-order valence-electron chi connectivity index (χ3n) is 4.14. The predicted molar refractivity (Wildman–Crippen MR) is 94.0 cm³/mol. The van der Waals surface area contributed by atoms with Gasteiger partial charge in [0, 0.05) is 26.7 Å². The lowest BCUT2D eigenvalue weighted by Gasteiger charge is -2.29. The highest BCUT2D eigenvalue weighted by Crippen LogP contribution is 2.14. The zero-order valence-corrected chi connectivity index (χ0v) is 15.1. The topological polar surface area (TPSA) is 48.9 Å². The number of halogens is 1. The van der Waals surface area contributed by atoms with Crippen LogP contribution in [0, 0.1) is 5.92 Å². The van der Waals surface area contributed by atoms with Crippen LogP contribution < -0.4 is 10.6 Å². The molecule has 6 heteroatoms. The number of ether oxygens (including phenoxy) is 1. The lowest BCUT2D eigenvalue weighted by Crippen LogP contribution is -2.44. The van der Waals surface area contributed by atoms with Crippen LogP contribution in [0.4, 0.5) is 0 Å². The molecule has 118 valence electrons. The molecule has 0 radical (unpaired) electrons. The largest absolute Gasteiger partial charge is 0.376 e. The zero-order chi connectivity index (χ0) is 13.5. The lowest BCUT2D eigenvalue weighted by atomic mass is 9.97. The summed E-state index contributed by atoms with van der Waals surface area (Å²) >= 11 is 0. The molecular weight excluding hydrogens is 367 g/mol. The van der Waals surface area contributed by atoms with Gasteiger partial charge in [0.1, 0.15) is 0 Å². The predicted octanol–water partition coefficient (Wildman–Crippen LogP) is 1.29. The summed E-state index contributed by atoms with van der Waals surface area (Å²) in [6.07, 6.45) is 5.28. The molecule has 0 aliphatic carbocycles. The van der Waals surface area contributed by atoms with Gasteiger partial charge in [-0.05, 0) is 51.7 Å². The highest BCUT2D eigenvalue weighted by atomic mass is 127. The van der Waals surface area contributed by atoms with E-state index in [1.165, 1.54) is 38.8 Å². The van der Waals surface area contributed by atoms with Gasteiger partial charge in [-0.3, -0.25) is 4.99 Å². The summed E-state index contributed by atoms with van der Waals surface area (Å²) in [4.78, 5) is 6.68. The van der Waals surface area contributed by atoms with E-state index < -0.39 is 0 Å². The molecule has 1 atom stereocenters. The fraction of sp³-hybridized carbons (Fsp3) is 0.929. The van der Waals surface area contributed by atoms with Crippen LogP contribution >= 0.6 is 24.0 Å². The van der Waals surface area contributed by atoms with Crippen molar-refractivity contribution in [2.45, 2.75) is 31.8 Å². The molecule has 2 heterocycles. The Hall–Kier alpha value is -0.0800. The van der Waals surface area contributed by atoms with Crippen molar-refractivity contribution in [3.8, 4) is 0 Å². The number of aliphatic imine (C=N–C) groups is 1. The number of nitrogens with zero attached hydrogens (tertiary/aromatic N) is 2. The van der Waals surface area contributed by atoms with E-state index >= 15 is 0 Å². The molecule has 0 aromatic heterocycles. The van der Waals surface area contributed by atoms with Crippen molar-refractivity contribution in [3.63, 3.8) is 0 Å². The number of likely N-dealkylation sites (tertiary alicyclic amines) is 1. The minimum absolute atomic E-state index is 0. The van der Waals surface area contributed by atoms with Crippen LogP contribution in [0.2, 0.25) is 0 Å². The number of guanidine groups is 1. The Balaban J connectivity index is 0.00000200. The smallest absolute Gasteiger partial charge is 0.191 e. The maximum absolute atomic E-state index is 5.60. The van der Waals surface area contributed by atoms with Gasteiger partial charge in [0.25, 0.3) is 0 Å². The quantitative estimate of drug-likeness (QED) is 0.427. The van der Waals surface area contributed by atoms with Gasteiger partial charge >= 0.3 is 0 Å². The Kier molecular flexibility index (Phi) is 8.79. The van der Waals surface area contributed by atoms with Crippen LogP contribution in [0.5, 0.6) is 0 Å². The number of rotatable bonds is 4. The standard InChI is InChI=1S/C14H28N4O.HI/c1-15-14(17-11-13-4-3-9-19-13)16-10-12-5-7-18(2)8-6-12;/h12-13H,3-11H2,1-2H3,(H2,15,16,17);1H. The summed E-state index contributed by atoms with van der Waals surface area (Å²) < 4.78 is 5.60. The fourth-order valence-electron chi connectivity index (χ4n) is 2.74. The van der Waals surface area contributed by atoms with Crippen LogP contribution in [-0.4, -0.2) is 63.8 Å². The molecule has 0 amide bonds. The Morgan fingerprint density at radius 3 is 2.50 bits per heavy atom. The second kappa shape index (κ2) is 9.78. The molecule has 2 saturated heterocycles. The molecule has 20 heavy (non-hydrogen) atoms. The van der Waals surface area contributed by atoms with Crippen molar-refractivity contribution in [3.05, 3.63) is 0 Å². The first-order valence-corrected chi connectivity index (χ1v) is 7.52. The van der Waals surface area contributed by atoms with Gasteiger partial charge in [0.05, 0.1) is 6.10 Å². The first-order valence-electron chi connectivity index (χ1n) is 7.52. The summed E-state index contributed by atoms with van der Waals surface area (Å²) in [6, 6.07) is 0. The molecule has 0 saturated carbocycles. The number of hydrogen-bond donors (Lipinski definition) is 2. The summed E-state index contributed by atoms with van der Waals surface area (Å²) in [6.45, 7) is 5.24. The summed E-state index contributed by atoms with van der Waals surface area (Å²) in [5, 5.41) is 6.81. The minimum atomic E-state index is 0. The van der Waals surface area contributed by atoms with Gasteiger partial charge < -0.3 is 20.3 Å². The molecule has 2 aliphatic rings. The van der Waals surface area contributed by atoms with Crippen molar-refractivity contribution in [1.82, 2.24) is 15.5 Å². The maximum atomic E-state index is 5.60. The van der Waals surface area contributed by atoms with Gasteiger partial charge in [-0.1, -0.05) is 0 Å². The average Bonchev–Trinajstić information content (AvgIpc) is 2.94. The van der Waals surface area contributed by atoms with E-state index in [1.54, 1.807) is 0 Å². The second-order valence-corrected chi connectivity index (χ2v) is 5.72. The molecule has 0 spiro atoms. The maximum Gasteiger partial charge on any atom is 0.191 e. The molecule has 2 rings (SSSR count). The molecule has 2 N–H and O–H groups in total. The average molecular weight is 396 g/mol. The van der Waals surface area contributed by atoms with Crippen LogP contribution in [0.3, 0.4) is 0 Å². The van der Waals surface area contributed by atoms with Gasteiger partial charge in [-0.25, -0.2) is 0 Å². The van der Waals surface area contributed by atoms with E-state index in [4.69, 9.17) is 4.74 Å². The zero-order valence-electron chi connectivity index (χ0n) is 12.7. The highest BCUT2D eigenvalue weighted by Gasteiger charge is 2.18. The third-order valence-corrected chi connectivity index (χ3v) is 4.14. The molecule has 0 aromatic carbocycles. The number of piperidine rings is 1. The van der Waals surface area contributed by atoms with Crippen LogP contribution in [0.1, 0.15) is 25.7 Å². The molecule has 0 bridgehead atoms. The van der Waals surface area contributed by atoms with Crippen LogP contribution in [0.15, 0.2) is 4.99 Å². The van der Waals surface area contributed by atoms with Crippen molar-refractivity contribution >= 4 is 29.9 Å². The van der Waals surface area contributed by atoms with E-state index in [-0.39, 0.29) is 24.0 Å². The van der Waals surface area contributed by atoms with Gasteiger partial charge in [-0.15, -0.1) is 24.0 Å². The van der Waals surface area contributed by atoms with Crippen LogP contribution in [0.25, 0.3) is 0 Å². The Morgan fingerprint density at radius 2 is 1.90 bits per heavy atom.